The average Bonchev–Trinajstić information content (AvgIpc) is 2.97. The van der Waals surface area contributed by atoms with Crippen LogP contribution in [-0.2, 0) is 6.54 Å². The summed E-state index contributed by atoms with van der Waals surface area (Å²) in [4.78, 5) is 4.41. The van der Waals surface area contributed by atoms with E-state index in [2.05, 4.69) is 27.5 Å². The molecule has 0 aliphatic rings. The number of rotatable bonds is 4. The van der Waals surface area contributed by atoms with Gasteiger partial charge in [0, 0.05) is 42.2 Å². The quantitative estimate of drug-likeness (QED) is 0.797. The SMILES string of the molecule is Cc1cc2ncc(CNC(C)c3c(C)noc3C)cn2n1. The molecule has 1 N–H and O–H groups in total. The normalized spacial score (nSPS) is 13.0. The molecule has 0 saturated heterocycles. The maximum absolute atomic E-state index is 5.21. The molecule has 3 aromatic rings. The average molecular weight is 285 g/mol. The third-order valence-electron chi connectivity index (χ3n) is 3.62. The van der Waals surface area contributed by atoms with E-state index in [9.17, 15) is 0 Å². The van der Waals surface area contributed by atoms with Crippen molar-refractivity contribution >= 4 is 5.65 Å². The minimum atomic E-state index is 0.173. The zero-order valence-corrected chi connectivity index (χ0v) is 12.7. The van der Waals surface area contributed by atoms with Gasteiger partial charge in [-0.3, -0.25) is 0 Å². The van der Waals surface area contributed by atoms with Gasteiger partial charge in [-0.05, 0) is 27.7 Å². The van der Waals surface area contributed by atoms with Gasteiger partial charge in [-0.25, -0.2) is 9.50 Å². The van der Waals surface area contributed by atoms with Crippen molar-refractivity contribution in [1.29, 1.82) is 0 Å². The van der Waals surface area contributed by atoms with Crippen LogP contribution in [0.3, 0.4) is 0 Å². The molecule has 0 bridgehead atoms. The molecule has 3 rings (SSSR count). The molecule has 0 saturated carbocycles. The molecular formula is C15H19N5O. The Bertz CT molecular complexity index is 754. The third kappa shape index (κ3) is 2.67. The number of nitrogens with one attached hydrogen (secondary N) is 1. The molecular weight excluding hydrogens is 266 g/mol. The van der Waals surface area contributed by atoms with Crippen LogP contribution >= 0.6 is 0 Å². The fraction of sp³-hybridized carbons (Fsp3) is 0.400. The third-order valence-corrected chi connectivity index (χ3v) is 3.62. The smallest absolute Gasteiger partial charge is 0.155 e. The zero-order valence-electron chi connectivity index (χ0n) is 12.7. The lowest BCUT2D eigenvalue weighted by Crippen LogP contribution is -2.19. The van der Waals surface area contributed by atoms with E-state index in [4.69, 9.17) is 4.52 Å². The van der Waals surface area contributed by atoms with E-state index in [1.54, 1.807) is 0 Å². The van der Waals surface area contributed by atoms with Crippen molar-refractivity contribution in [2.75, 3.05) is 0 Å². The van der Waals surface area contributed by atoms with Crippen LogP contribution in [0.4, 0.5) is 0 Å². The molecule has 0 fully saturated rings. The topological polar surface area (TPSA) is 68.2 Å². The molecule has 3 aromatic heterocycles. The summed E-state index contributed by atoms with van der Waals surface area (Å²) in [7, 11) is 0. The highest BCUT2D eigenvalue weighted by Crippen LogP contribution is 2.21. The Kier molecular flexibility index (Phi) is 3.47. The molecule has 3 heterocycles. The van der Waals surface area contributed by atoms with Crippen molar-refractivity contribution < 1.29 is 4.52 Å². The molecule has 0 amide bonds. The Morgan fingerprint density at radius 1 is 1.33 bits per heavy atom. The van der Waals surface area contributed by atoms with E-state index in [-0.39, 0.29) is 6.04 Å². The lowest BCUT2D eigenvalue weighted by Gasteiger charge is -2.13. The first kappa shape index (κ1) is 13.8. The summed E-state index contributed by atoms with van der Waals surface area (Å²) in [6.45, 7) is 8.69. The Balaban J connectivity index is 1.74. The van der Waals surface area contributed by atoms with Crippen LogP contribution < -0.4 is 5.32 Å². The maximum atomic E-state index is 5.21. The molecule has 0 aromatic carbocycles. The number of aromatic nitrogens is 4. The van der Waals surface area contributed by atoms with Crippen molar-refractivity contribution in [2.24, 2.45) is 0 Å². The summed E-state index contributed by atoms with van der Waals surface area (Å²) in [5.41, 5.74) is 4.98. The van der Waals surface area contributed by atoms with Gasteiger partial charge in [-0.15, -0.1) is 0 Å². The van der Waals surface area contributed by atoms with Crippen LogP contribution in [0.15, 0.2) is 23.0 Å². The van der Waals surface area contributed by atoms with Crippen LogP contribution in [0.5, 0.6) is 0 Å². The van der Waals surface area contributed by atoms with Crippen molar-refractivity contribution in [1.82, 2.24) is 25.1 Å². The highest BCUT2D eigenvalue weighted by molar-refractivity contribution is 5.38. The van der Waals surface area contributed by atoms with Gasteiger partial charge in [0.05, 0.1) is 11.4 Å². The van der Waals surface area contributed by atoms with Crippen LogP contribution in [0.2, 0.25) is 0 Å². The molecule has 0 aliphatic heterocycles. The number of aryl methyl sites for hydroxylation is 3. The molecule has 6 heteroatoms. The fourth-order valence-electron chi connectivity index (χ4n) is 2.61. The number of nitrogens with zero attached hydrogens (tertiary/aromatic N) is 4. The van der Waals surface area contributed by atoms with E-state index >= 15 is 0 Å². The van der Waals surface area contributed by atoms with E-state index in [0.717, 1.165) is 33.9 Å². The van der Waals surface area contributed by atoms with Gasteiger partial charge in [-0.2, -0.15) is 5.10 Å². The van der Waals surface area contributed by atoms with Gasteiger partial charge in [0.25, 0.3) is 0 Å². The molecule has 0 aliphatic carbocycles. The summed E-state index contributed by atoms with van der Waals surface area (Å²) >= 11 is 0. The summed E-state index contributed by atoms with van der Waals surface area (Å²) in [6, 6.07) is 2.13. The fourth-order valence-corrected chi connectivity index (χ4v) is 2.61. The van der Waals surface area contributed by atoms with E-state index in [0.29, 0.717) is 6.54 Å². The lowest BCUT2D eigenvalue weighted by atomic mass is 10.1. The second-order valence-corrected chi connectivity index (χ2v) is 5.39. The van der Waals surface area contributed by atoms with Crippen LogP contribution in [0.25, 0.3) is 5.65 Å². The number of fused-ring (bicyclic) bond motifs is 1. The monoisotopic (exact) mass is 285 g/mol. The van der Waals surface area contributed by atoms with Crippen LogP contribution in [0, 0.1) is 20.8 Å². The highest BCUT2D eigenvalue weighted by Gasteiger charge is 2.15. The second kappa shape index (κ2) is 5.29. The lowest BCUT2D eigenvalue weighted by molar-refractivity contribution is 0.390. The van der Waals surface area contributed by atoms with Gasteiger partial charge in [0.15, 0.2) is 5.65 Å². The van der Waals surface area contributed by atoms with Gasteiger partial charge < -0.3 is 9.84 Å². The summed E-state index contributed by atoms with van der Waals surface area (Å²) in [5.74, 6) is 0.865. The zero-order chi connectivity index (χ0) is 15.0. The maximum Gasteiger partial charge on any atom is 0.155 e. The van der Waals surface area contributed by atoms with Gasteiger partial charge in [0.1, 0.15) is 5.76 Å². The minimum Gasteiger partial charge on any atom is -0.361 e. The van der Waals surface area contributed by atoms with Crippen molar-refractivity contribution in [3.8, 4) is 0 Å². The number of hydrogen-bond acceptors (Lipinski definition) is 5. The van der Waals surface area contributed by atoms with Gasteiger partial charge in [-0.1, -0.05) is 5.16 Å². The Morgan fingerprint density at radius 2 is 2.14 bits per heavy atom. The molecule has 0 spiro atoms. The first-order chi connectivity index (χ1) is 10.0. The first-order valence-corrected chi connectivity index (χ1v) is 7.01. The second-order valence-electron chi connectivity index (χ2n) is 5.39. The van der Waals surface area contributed by atoms with Crippen LogP contribution in [-0.4, -0.2) is 19.8 Å². The number of hydrogen-bond donors (Lipinski definition) is 1. The molecule has 1 atom stereocenters. The van der Waals surface area contributed by atoms with Crippen molar-refractivity contribution in [3.05, 3.63) is 46.7 Å². The summed E-state index contributed by atoms with van der Waals surface area (Å²) < 4.78 is 7.02. The molecule has 0 radical (unpaired) electrons. The van der Waals surface area contributed by atoms with Gasteiger partial charge >= 0.3 is 0 Å². The van der Waals surface area contributed by atoms with E-state index in [1.807, 2.05) is 43.7 Å². The van der Waals surface area contributed by atoms with Crippen LogP contribution in [0.1, 0.15) is 41.2 Å². The largest absolute Gasteiger partial charge is 0.361 e. The molecule has 6 nitrogen and oxygen atoms in total. The molecule has 110 valence electrons. The van der Waals surface area contributed by atoms with Gasteiger partial charge in [0.2, 0.25) is 0 Å². The Labute approximate surface area is 123 Å². The van der Waals surface area contributed by atoms with E-state index < -0.39 is 0 Å². The molecule has 1 unspecified atom stereocenters. The van der Waals surface area contributed by atoms with Crippen molar-refractivity contribution in [2.45, 2.75) is 40.3 Å². The standard InChI is InChI=1S/C15H19N5O/c1-9-5-14-17-7-13(8-20(14)18-9)6-16-10(2)15-11(3)19-21-12(15)4/h5,7-8,10,16H,6H2,1-4H3. The van der Waals surface area contributed by atoms with Crippen molar-refractivity contribution in [3.63, 3.8) is 0 Å². The first-order valence-electron chi connectivity index (χ1n) is 7.01. The summed E-state index contributed by atoms with van der Waals surface area (Å²) in [5, 5.41) is 11.8. The summed E-state index contributed by atoms with van der Waals surface area (Å²) in [6.07, 6.45) is 3.88. The highest BCUT2D eigenvalue weighted by atomic mass is 16.5. The Hall–Kier alpha value is -2.21. The predicted octanol–water partition coefficient (Wildman–Crippen LogP) is 2.49. The minimum absolute atomic E-state index is 0.173. The molecule has 21 heavy (non-hydrogen) atoms. The predicted molar refractivity (Wildman–Crippen MR) is 79.0 cm³/mol. The Morgan fingerprint density at radius 3 is 2.86 bits per heavy atom. The van der Waals surface area contributed by atoms with E-state index in [1.165, 1.54) is 0 Å².